The molecule has 32 heavy (non-hydrogen) atoms. The van der Waals surface area contributed by atoms with E-state index in [1.165, 1.54) is 6.07 Å². The number of carbonyl (C=O) groups is 1. The topological polar surface area (TPSA) is 83.5 Å². The van der Waals surface area contributed by atoms with E-state index in [9.17, 15) is 13.2 Å². The van der Waals surface area contributed by atoms with Crippen LogP contribution in [0.2, 0.25) is 10.0 Å². The Bertz CT molecular complexity index is 1270. The van der Waals surface area contributed by atoms with E-state index >= 15 is 0 Å². The molecule has 0 bridgehead atoms. The average Bonchev–Trinajstić information content (AvgIpc) is 2.71. The lowest BCUT2D eigenvalue weighted by Gasteiger charge is -2.44. The Balaban J connectivity index is 1.81. The van der Waals surface area contributed by atoms with Crippen molar-refractivity contribution in [3.05, 3.63) is 87.9 Å². The van der Waals surface area contributed by atoms with Crippen molar-refractivity contribution in [2.75, 3.05) is 6.54 Å². The first-order valence-electron chi connectivity index (χ1n) is 10.1. The molecule has 1 fully saturated rings. The van der Waals surface area contributed by atoms with Crippen LogP contribution in [0.25, 0.3) is 11.1 Å². The summed E-state index contributed by atoms with van der Waals surface area (Å²) in [6.45, 7) is -0.672. The minimum Gasteiger partial charge on any atom is -0.480 e. The summed E-state index contributed by atoms with van der Waals surface area (Å²) in [5, 5.41) is 10.00. The van der Waals surface area contributed by atoms with Crippen molar-refractivity contribution in [3.8, 4) is 11.1 Å². The maximum Gasteiger partial charge on any atom is 0.318 e. The fourth-order valence-electron chi connectivity index (χ4n) is 4.29. The van der Waals surface area contributed by atoms with E-state index in [4.69, 9.17) is 28.3 Å². The first kappa shape index (κ1) is 22.8. The van der Waals surface area contributed by atoms with Crippen LogP contribution < -0.4 is 4.72 Å². The van der Waals surface area contributed by atoms with Crippen molar-refractivity contribution >= 4 is 39.2 Å². The maximum atomic E-state index is 12.9. The van der Waals surface area contributed by atoms with Crippen LogP contribution in [0.15, 0.2) is 71.6 Å². The van der Waals surface area contributed by atoms with Gasteiger partial charge in [0, 0.05) is 15.5 Å². The van der Waals surface area contributed by atoms with Gasteiger partial charge in [-0.05, 0) is 59.4 Å². The van der Waals surface area contributed by atoms with Gasteiger partial charge in [-0.15, -0.1) is 0 Å². The Morgan fingerprint density at radius 1 is 0.938 bits per heavy atom. The first-order chi connectivity index (χ1) is 15.2. The van der Waals surface area contributed by atoms with E-state index in [1.54, 1.807) is 12.1 Å². The lowest BCUT2D eigenvalue weighted by molar-refractivity contribution is -0.135. The van der Waals surface area contributed by atoms with E-state index < -0.39 is 28.0 Å². The van der Waals surface area contributed by atoms with Gasteiger partial charge in [-0.1, -0.05) is 72.1 Å². The quantitative estimate of drug-likeness (QED) is 0.459. The molecule has 1 saturated carbocycles. The summed E-state index contributed by atoms with van der Waals surface area (Å²) in [7, 11) is -3.99. The van der Waals surface area contributed by atoms with Gasteiger partial charge in [0.25, 0.3) is 0 Å². The monoisotopic (exact) mass is 489 g/mol. The van der Waals surface area contributed by atoms with Gasteiger partial charge in [0.15, 0.2) is 0 Å². The second-order valence-electron chi connectivity index (χ2n) is 7.89. The van der Waals surface area contributed by atoms with Crippen LogP contribution in [0.5, 0.6) is 0 Å². The molecule has 0 unspecified atom stereocenters. The number of hydrogen-bond donors (Lipinski definition) is 2. The summed E-state index contributed by atoms with van der Waals surface area (Å²) in [5.41, 5.74) is 3.00. The molecule has 3 aromatic carbocycles. The molecule has 3 aromatic rings. The van der Waals surface area contributed by atoms with E-state index in [1.807, 2.05) is 42.5 Å². The van der Waals surface area contributed by atoms with Crippen molar-refractivity contribution in [1.29, 1.82) is 0 Å². The number of sulfonamides is 1. The minimum atomic E-state index is -3.99. The van der Waals surface area contributed by atoms with Gasteiger partial charge in [-0.25, -0.2) is 8.42 Å². The highest BCUT2D eigenvalue weighted by atomic mass is 35.5. The average molecular weight is 490 g/mol. The molecule has 1 aliphatic carbocycles. The van der Waals surface area contributed by atoms with Gasteiger partial charge in [-0.2, -0.15) is 4.72 Å². The van der Waals surface area contributed by atoms with Gasteiger partial charge >= 0.3 is 5.97 Å². The summed E-state index contributed by atoms with van der Waals surface area (Å²) in [6.07, 6.45) is 2.54. The summed E-state index contributed by atoms with van der Waals surface area (Å²) in [4.78, 5) is 11.0. The van der Waals surface area contributed by atoms with Gasteiger partial charge in [0.1, 0.15) is 6.54 Å². The van der Waals surface area contributed by atoms with Gasteiger partial charge < -0.3 is 5.11 Å². The van der Waals surface area contributed by atoms with E-state index in [2.05, 4.69) is 10.8 Å². The molecule has 166 valence electrons. The molecule has 0 saturated heterocycles. The molecule has 0 heterocycles. The third-order valence-electron chi connectivity index (χ3n) is 5.92. The molecule has 0 atom stereocenters. The summed E-state index contributed by atoms with van der Waals surface area (Å²) >= 11 is 12.4. The fraction of sp³-hybridized carbons (Fsp3) is 0.208. The Hall–Kier alpha value is -2.38. The molecule has 5 nitrogen and oxygen atoms in total. The largest absolute Gasteiger partial charge is 0.480 e. The highest BCUT2D eigenvalue weighted by Crippen LogP contribution is 2.51. The molecule has 4 rings (SSSR count). The second kappa shape index (κ2) is 8.87. The van der Waals surface area contributed by atoms with Crippen LogP contribution >= 0.6 is 23.2 Å². The van der Waals surface area contributed by atoms with E-state index in [0.29, 0.717) is 15.6 Å². The fourth-order valence-corrected chi connectivity index (χ4v) is 6.10. The number of nitrogens with one attached hydrogen (secondary N) is 1. The van der Waals surface area contributed by atoms with Crippen LogP contribution in [0.3, 0.4) is 0 Å². The molecule has 0 radical (unpaired) electrons. The molecular weight excluding hydrogens is 469 g/mol. The Morgan fingerprint density at radius 2 is 1.62 bits per heavy atom. The number of hydrogen-bond acceptors (Lipinski definition) is 3. The maximum absolute atomic E-state index is 12.9. The zero-order valence-corrected chi connectivity index (χ0v) is 19.3. The number of rotatable bonds is 7. The third-order valence-corrected chi connectivity index (χ3v) is 7.82. The standard InChI is InChI=1S/C24H21Cl2NO4S/c25-19-12-17(13-20(26)14-19)16-5-3-6-18(11-16)24(9-4-10-24)21-7-1-2-8-22(21)32(30,31)27-15-23(28)29/h1-3,5-8,11-14,27H,4,9-10,15H2,(H,28,29). The van der Waals surface area contributed by atoms with Crippen molar-refractivity contribution in [3.63, 3.8) is 0 Å². The zero-order valence-electron chi connectivity index (χ0n) is 17.0. The minimum absolute atomic E-state index is 0.108. The van der Waals surface area contributed by atoms with E-state index in [0.717, 1.165) is 36.0 Å². The predicted molar refractivity (Wildman–Crippen MR) is 126 cm³/mol. The van der Waals surface area contributed by atoms with Crippen molar-refractivity contribution in [1.82, 2.24) is 4.72 Å². The highest BCUT2D eigenvalue weighted by Gasteiger charge is 2.43. The van der Waals surface area contributed by atoms with Crippen molar-refractivity contribution in [2.24, 2.45) is 0 Å². The van der Waals surface area contributed by atoms with Crippen LogP contribution in [-0.2, 0) is 20.2 Å². The number of benzene rings is 3. The molecule has 1 aliphatic rings. The van der Waals surface area contributed by atoms with Crippen LogP contribution in [-0.4, -0.2) is 26.0 Å². The van der Waals surface area contributed by atoms with Crippen LogP contribution in [0, 0.1) is 0 Å². The molecule has 0 aliphatic heterocycles. The number of aliphatic carboxylic acids is 1. The Morgan fingerprint density at radius 3 is 2.25 bits per heavy atom. The number of carboxylic acid groups (broad SMARTS) is 1. The second-order valence-corrected chi connectivity index (χ2v) is 10.5. The van der Waals surface area contributed by atoms with Gasteiger partial charge in [0.05, 0.1) is 4.90 Å². The predicted octanol–water partition coefficient (Wildman–Crippen LogP) is 5.49. The Kier molecular flexibility index (Phi) is 6.32. The van der Waals surface area contributed by atoms with E-state index in [-0.39, 0.29) is 4.90 Å². The molecule has 0 aromatic heterocycles. The highest BCUT2D eigenvalue weighted by molar-refractivity contribution is 7.89. The third kappa shape index (κ3) is 4.41. The van der Waals surface area contributed by atoms with Crippen LogP contribution in [0.4, 0.5) is 0 Å². The lowest BCUT2D eigenvalue weighted by atomic mass is 9.60. The molecule has 8 heteroatoms. The summed E-state index contributed by atoms with van der Waals surface area (Å²) < 4.78 is 28.1. The summed E-state index contributed by atoms with van der Waals surface area (Å²) in [6, 6.07) is 20.1. The SMILES string of the molecule is O=C(O)CNS(=O)(=O)c1ccccc1C1(c2cccc(-c3cc(Cl)cc(Cl)c3)c2)CCC1. The molecule has 2 N–H and O–H groups in total. The normalized spacial score (nSPS) is 15.2. The number of carboxylic acids is 1. The zero-order chi connectivity index (χ0) is 22.9. The summed E-state index contributed by atoms with van der Waals surface area (Å²) in [5.74, 6) is -1.24. The smallest absolute Gasteiger partial charge is 0.318 e. The number of halogens is 2. The van der Waals surface area contributed by atoms with Crippen molar-refractivity contribution < 1.29 is 18.3 Å². The molecular formula is C24H21Cl2NO4S. The molecule has 0 amide bonds. The van der Waals surface area contributed by atoms with Gasteiger partial charge in [-0.3, -0.25) is 4.79 Å². The lowest BCUT2D eigenvalue weighted by Crippen LogP contribution is -2.38. The van der Waals surface area contributed by atoms with Crippen molar-refractivity contribution in [2.45, 2.75) is 29.6 Å². The van der Waals surface area contributed by atoms with Gasteiger partial charge in [0.2, 0.25) is 10.0 Å². The first-order valence-corrected chi connectivity index (χ1v) is 12.3. The van der Waals surface area contributed by atoms with Crippen LogP contribution in [0.1, 0.15) is 30.4 Å². The molecule has 0 spiro atoms. The Labute approximate surface area is 197 Å².